The Morgan fingerprint density at radius 1 is 1.50 bits per heavy atom. The Kier molecular flexibility index (Phi) is 2.59. The van der Waals surface area contributed by atoms with Crippen molar-refractivity contribution in [1.29, 1.82) is 0 Å². The molecule has 0 saturated heterocycles. The Balaban J connectivity index is 2.73. The van der Waals surface area contributed by atoms with Crippen LogP contribution in [0, 0.1) is 0 Å². The molecular weight excluding hydrogens is 152 g/mol. The number of aliphatic hydroxyl groups is 2. The summed E-state index contributed by atoms with van der Waals surface area (Å²) in [5, 5.41) is 19.3. The van der Waals surface area contributed by atoms with Crippen LogP contribution in [0.15, 0.2) is 11.1 Å². The molecule has 0 spiro atoms. The van der Waals surface area contributed by atoms with Crippen LogP contribution in [0.25, 0.3) is 0 Å². The monoisotopic (exact) mass is 170 g/mol. The number of hydrogen-bond acceptors (Lipinski definition) is 2. The van der Waals surface area contributed by atoms with Gasteiger partial charge in [-0.15, -0.1) is 0 Å². The van der Waals surface area contributed by atoms with Gasteiger partial charge < -0.3 is 10.2 Å². The third-order valence-corrected chi connectivity index (χ3v) is 2.61. The van der Waals surface area contributed by atoms with Crippen molar-refractivity contribution >= 4 is 0 Å². The van der Waals surface area contributed by atoms with E-state index in [0.717, 1.165) is 18.4 Å². The smallest absolute Gasteiger partial charge is 0.0779 e. The zero-order valence-corrected chi connectivity index (χ0v) is 8.09. The molecule has 0 aromatic carbocycles. The molecule has 1 rings (SSSR count). The van der Waals surface area contributed by atoms with Crippen molar-refractivity contribution < 1.29 is 10.2 Å². The van der Waals surface area contributed by atoms with Gasteiger partial charge in [0.25, 0.3) is 0 Å². The van der Waals surface area contributed by atoms with Gasteiger partial charge in [-0.3, -0.25) is 0 Å². The Bertz CT molecular complexity index is 200. The number of allylic oxidation sites excluding steroid dienone is 1. The van der Waals surface area contributed by atoms with Gasteiger partial charge in [-0.05, 0) is 39.2 Å². The average molecular weight is 170 g/mol. The lowest BCUT2D eigenvalue weighted by Gasteiger charge is -2.34. The normalized spacial score (nSPS) is 36.8. The number of rotatable bonds is 0. The van der Waals surface area contributed by atoms with Gasteiger partial charge in [0.1, 0.15) is 0 Å². The van der Waals surface area contributed by atoms with Gasteiger partial charge in [-0.2, -0.15) is 0 Å². The summed E-state index contributed by atoms with van der Waals surface area (Å²) in [5.74, 6) is 0. The standard InChI is InChI=1S/C10H18O2/c1-7(2)8-4-5-10(3,12)6-9(8)11/h9,11-12H,4-6H2,1-3H3. The Labute approximate surface area is 73.9 Å². The molecule has 2 atom stereocenters. The summed E-state index contributed by atoms with van der Waals surface area (Å²) in [6.07, 6.45) is 1.65. The molecule has 2 unspecified atom stereocenters. The molecule has 0 aromatic rings. The molecule has 2 nitrogen and oxygen atoms in total. The third kappa shape index (κ3) is 2.08. The molecule has 0 radical (unpaired) electrons. The first-order valence-corrected chi connectivity index (χ1v) is 4.49. The van der Waals surface area contributed by atoms with Crippen molar-refractivity contribution in [3.8, 4) is 0 Å². The predicted molar refractivity (Wildman–Crippen MR) is 48.9 cm³/mol. The van der Waals surface area contributed by atoms with Crippen LogP contribution < -0.4 is 0 Å². The maximum absolute atomic E-state index is 9.66. The fraction of sp³-hybridized carbons (Fsp3) is 0.800. The summed E-state index contributed by atoms with van der Waals surface area (Å²) in [6, 6.07) is 0. The average Bonchev–Trinajstić information content (AvgIpc) is 1.83. The Hall–Kier alpha value is -0.340. The van der Waals surface area contributed by atoms with E-state index in [1.54, 1.807) is 6.92 Å². The molecule has 0 aliphatic heterocycles. The van der Waals surface area contributed by atoms with E-state index in [-0.39, 0.29) is 0 Å². The van der Waals surface area contributed by atoms with Gasteiger partial charge in [0.2, 0.25) is 0 Å². The van der Waals surface area contributed by atoms with E-state index >= 15 is 0 Å². The molecule has 0 bridgehead atoms. The van der Waals surface area contributed by atoms with E-state index in [2.05, 4.69) is 0 Å². The van der Waals surface area contributed by atoms with Crippen LogP contribution >= 0.6 is 0 Å². The quantitative estimate of drug-likeness (QED) is 0.542. The van der Waals surface area contributed by atoms with Crippen LogP contribution in [-0.2, 0) is 0 Å². The van der Waals surface area contributed by atoms with Crippen LogP contribution in [-0.4, -0.2) is 21.9 Å². The molecule has 1 saturated carbocycles. The maximum atomic E-state index is 9.66. The van der Waals surface area contributed by atoms with E-state index in [1.165, 1.54) is 5.57 Å². The lowest BCUT2D eigenvalue weighted by molar-refractivity contribution is -0.0107. The zero-order chi connectivity index (χ0) is 9.35. The second-order valence-corrected chi connectivity index (χ2v) is 4.24. The second kappa shape index (κ2) is 3.19. The van der Waals surface area contributed by atoms with E-state index in [4.69, 9.17) is 0 Å². The second-order valence-electron chi connectivity index (χ2n) is 4.24. The lowest BCUT2D eigenvalue weighted by atomic mass is 9.80. The molecule has 2 heteroatoms. The van der Waals surface area contributed by atoms with Crippen molar-refractivity contribution in [2.45, 2.75) is 51.7 Å². The van der Waals surface area contributed by atoms with Gasteiger partial charge in [0.15, 0.2) is 0 Å². The fourth-order valence-corrected chi connectivity index (χ4v) is 1.80. The Morgan fingerprint density at radius 2 is 2.08 bits per heavy atom. The summed E-state index contributed by atoms with van der Waals surface area (Å²) in [4.78, 5) is 0. The molecule has 2 N–H and O–H groups in total. The Morgan fingerprint density at radius 3 is 2.50 bits per heavy atom. The summed E-state index contributed by atoms with van der Waals surface area (Å²) in [7, 11) is 0. The first-order valence-electron chi connectivity index (χ1n) is 4.49. The molecule has 1 aliphatic carbocycles. The van der Waals surface area contributed by atoms with Crippen LogP contribution in [0.3, 0.4) is 0 Å². The van der Waals surface area contributed by atoms with E-state index in [0.29, 0.717) is 6.42 Å². The summed E-state index contributed by atoms with van der Waals surface area (Å²) in [5.41, 5.74) is 1.64. The molecular formula is C10H18O2. The van der Waals surface area contributed by atoms with E-state index in [9.17, 15) is 10.2 Å². The van der Waals surface area contributed by atoms with Crippen molar-refractivity contribution in [3.05, 3.63) is 11.1 Å². The van der Waals surface area contributed by atoms with Gasteiger partial charge >= 0.3 is 0 Å². The highest BCUT2D eigenvalue weighted by Crippen LogP contribution is 2.32. The number of hydrogen-bond donors (Lipinski definition) is 2. The zero-order valence-electron chi connectivity index (χ0n) is 8.09. The fourth-order valence-electron chi connectivity index (χ4n) is 1.80. The SMILES string of the molecule is CC(C)=C1CCC(C)(O)CC1O. The molecule has 0 aromatic heterocycles. The predicted octanol–water partition coefficient (Wildman–Crippen LogP) is 1.62. The van der Waals surface area contributed by atoms with Crippen LogP contribution in [0.2, 0.25) is 0 Å². The largest absolute Gasteiger partial charge is 0.390 e. The lowest BCUT2D eigenvalue weighted by Crippen LogP contribution is -2.36. The first-order chi connectivity index (χ1) is 5.42. The van der Waals surface area contributed by atoms with Crippen LogP contribution in [0.4, 0.5) is 0 Å². The molecule has 0 amide bonds. The first kappa shape index (κ1) is 9.75. The highest BCUT2D eigenvalue weighted by Gasteiger charge is 2.31. The minimum Gasteiger partial charge on any atom is -0.390 e. The van der Waals surface area contributed by atoms with Crippen molar-refractivity contribution in [2.24, 2.45) is 0 Å². The van der Waals surface area contributed by atoms with Crippen LogP contribution in [0.1, 0.15) is 40.0 Å². The molecule has 70 valence electrons. The van der Waals surface area contributed by atoms with E-state index in [1.807, 2.05) is 13.8 Å². The van der Waals surface area contributed by atoms with Gasteiger partial charge in [-0.1, -0.05) is 5.57 Å². The molecule has 0 heterocycles. The van der Waals surface area contributed by atoms with Crippen LogP contribution in [0.5, 0.6) is 0 Å². The van der Waals surface area contributed by atoms with E-state index < -0.39 is 11.7 Å². The minimum atomic E-state index is -0.668. The van der Waals surface area contributed by atoms with Gasteiger partial charge in [0.05, 0.1) is 11.7 Å². The molecule has 12 heavy (non-hydrogen) atoms. The summed E-state index contributed by atoms with van der Waals surface area (Å²) >= 11 is 0. The van der Waals surface area contributed by atoms with Crippen molar-refractivity contribution in [3.63, 3.8) is 0 Å². The molecule has 1 fully saturated rings. The highest BCUT2D eigenvalue weighted by molar-refractivity contribution is 5.18. The van der Waals surface area contributed by atoms with Gasteiger partial charge in [-0.25, -0.2) is 0 Å². The topological polar surface area (TPSA) is 40.5 Å². The minimum absolute atomic E-state index is 0.432. The summed E-state index contributed by atoms with van der Waals surface area (Å²) in [6.45, 7) is 5.81. The third-order valence-electron chi connectivity index (χ3n) is 2.61. The van der Waals surface area contributed by atoms with Crippen molar-refractivity contribution in [2.75, 3.05) is 0 Å². The van der Waals surface area contributed by atoms with Gasteiger partial charge in [0, 0.05) is 6.42 Å². The highest BCUT2D eigenvalue weighted by atomic mass is 16.3. The maximum Gasteiger partial charge on any atom is 0.0779 e. The van der Waals surface area contributed by atoms with Crippen molar-refractivity contribution in [1.82, 2.24) is 0 Å². The number of aliphatic hydroxyl groups excluding tert-OH is 1. The molecule has 1 aliphatic rings. The summed E-state index contributed by atoms with van der Waals surface area (Å²) < 4.78 is 0.